The summed E-state index contributed by atoms with van der Waals surface area (Å²) in [5, 5.41) is 0. The molecule has 0 amide bonds. The van der Waals surface area contributed by atoms with Crippen molar-refractivity contribution in [1.29, 1.82) is 0 Å². The van der Waals surface area contributed by atoms with Crippen molar-refractivity contribution in [2.75, 3.05) is 5.73 Å². The highest BCUT2D eigenvalue weighted by Crippen LogP contribution is 2.13. The number of anilines is 1. The molecule has 1 rings (SSSR count). The molecule has 3 nitrogen and oxygen atoms in total. The summed E-state index contributed by atoms with van der Waals surface area (Å²) < 4.78 is 5.19. The molecule has 0 aliphatic carbocycles. The Hall–Kier alpha value is -1.22. The second kappa shape index (κ2) is 3.25. The Morgan fingerprint density at radius 1 is 1.27 bits per heavy atom. The summed E-state index contributed by atoms with van der Waals surface area (Å²) >= 11 is 0. The molecule has 1 aromatic rings. The largest absolute Gasteiger partial charge is 0.476 e. The van der Waals surface area contributed by atoms with Crippen LogP contribution in [0, 0.1) is 0 Å². The monoisotopic (exact) mass is 152 g/mol. The lowest BCUT2D eigenvalue weighted by Crippen LogP contribution is -2.22. The molecule has 0 saturated carbocycles. The first-order chi connectivity index (χ1) is 5.18. The van der Waals surface area contributed by atoms with E-state index in [1.807, 2.05) is 0 Å². The molecular weight excluding hydrogens is 140 g/mol. The predicted octanol–water partition coefficient (Wildman–Crippen LogP) is 0.952. The summed E-state index contributed by atoms with van der Waals surface area (Å²) in [6.07, 6.45) is -0.279. The Morgan fingerprint density at radius 3 is 2.27 bits per heavy atom. The summed E-state index contributed by atoms with van der Waals surface area (Å²) in [7, 11) is 0. The molecule has 0 fully saturated rings. The van der Waals surface area contributed by atoms with Crippen molar-refractivity contribution in [2.45, 2.75) is 13.2 Å². The van der Waals surface area contributed by atoms with Gasteiger partial charge in [-0.25, -0.2) is 0 Å². The first-order valence-corrected chi connectivity index (χ1v) is 3.46. The van der Waals surface area contributed by atoms with Crippen LogP contribution in [0.4, 0.5) is 5.69 Å². The lowest BCUT2D eigenvalue weighted by atomic mass is 10.3. The van der Waals surface area contributed by atoms with Gasteiger partial charge in [-0.1, -0.05) is 0 Å². The molecule has 0 bridgehead atoms. The third kappa shape index (κ3) is 2.47. The van der Waals surface area contributed by atoms with Crippen molar-refractivity contribution in [3.05, 3.63) is 24.3 Å². The first-order valence-electron chi connectivity index (χ1n) is 3.46. The molecule has 0 saturated heterocycles. The van der Waals surface area contributed by atoms with Gasteiger partial charge in [0.1, 0.15) is 12.0 Å². The zero-order valence-electron chi connectivity index (χ0n) is 6.45. The van der Waals surface area contributed by atoms with Gasteiger partial charge in [0.2, 0.25) is 0 Å². The molecule has 0 radical (unpaired) electrons. The minimum absolute atomic E-state index is 0.279. The summed E-state index contributed by atoms with van der Waals surface area (Å²) in [5.41, 5.74) is 11.6. The first kappa shape index (κ1) is 7.88. The number of nitrogen functional groups attached to an aromatic ring is 1. The molecule has 0 aliphatic heterocycles. The molecule has 0 aliphatic rings. The minimum Gasteiger partial charge on any atom is -0.476 e. The standard InChI is InChI=1S/C8H12N2O/c1-6(9)11-8-4-2-7(10)3-5-8/h2-6H,9-10H2,1H3. The van der Waals surface area contributed by atoms with Gasteiger partial charge in [0, 0.05) is 5.69 Å². The topological polar surface area (TPSA) is 61.3 Å². The molecule has 4 N–H and O–H groups in total. The van der Waals surface area contributed by atoms with Crippen molar-refractivity contribution in [2.24, 2.45) is 5.73 Å². The Labute approximate surface area is 66.0 Å². The second-order valence-corrected chi connectivity index (χ2v) is 2.39. The Balaban J connectivity index is 2.66. The van der Waals surface area contributed by atoms with E-state index in [0.717, 1.165) is 11.4 Å². The number of nitrogens with two attached hydrogens (primary N) is 2. The van der Waals surface area contributed by atoms with E-state index in [4.69, 9.17) is 16.2 Å². The zero-order chi connectivity index (χ0) is 8.27. The van der Waals surface area contributed by atoms with Crippen molar-refractivity contribution in [3.63, 3.8) is 0 Å². The molecule has 1 aromatic carbocycles. The van der Waals surface area contributed by atoms with Crippen LogP contribution < -0.4 is 16.2 Å². The van der Waals surface area contributed by atoms with E-state index < -0.39 is 0 Å². The van der Waals surface area contributed by atoms with E-state index in [9.17, 15) is 0 Å². The van der Waals surface area contributed by atoms with Gasteiger partial charge in [-0.2, -0.15) is 0 Å². The molecule has 0 heterocycles. The Morgan fingerprint density at radius 2 is 1.82 bits per heavy atom. The molecular formula is C8H12N2O. The number of rotatable bonds is 2. The highest BCUT2D eigenvalue weighted by atomic mass is 16.5. The van der Waals surface area contributed by atoms with E-state index in [1.165, 1.54) is 0 Å². The average molecular weight is 152 g/mol. The molecule has 0 aromatic heterocycles. The van der Waals surface area contributed by atoms with Crippen molar-refractivity contribution < 1.29 is 4.74 Å². The van der Waals surface area contributed by atoms with Gasteiger partial charge in [-0.3, -0.25) is 5.73 Å². The fourth-order valence-electron chi connectivity index (χ4n) is 0.761. The molecule has 1 unspecified atom stereocenters. The van der Waals surface area contributed by atoms with Gasteiger partial charge in [0.25, 0.3) is 0 Å². The van der Waals surface area contributed by atoms with Gasteiger partial charge in [-0.05, 0) is 31.2 Å². The summed E-state index contributed by atoms with van der Waals surface area (Å²) in [4.78, 5) is 0. The molecule has 1 atom stereocenters. The van der Waals surface area contributed by atoms with Gasteiger partial charge in [0.15, 0.2) is 0 Å². The summed E-state index contributed by atoms with van der Waals surface area (Å²) in [5.74, 6) is 0.745. The fraction of sp³-hybridized carbons (Fsp3) is 0.250. The SMILES string of the molecule is CC(N)Oc1ccc(N)cc1. The highest BCUT2D eigenvalue weighted by molar-refractivity contribution is 5.41. The third-order valence-electron chi connectivity index (χ3n) is 1.20. The van der Waals surface area contributed by atoms with Gasteiger partial charge < -0.3 is 10.5 Å². The van der Waals surface area contributed by atoms with Crippen LogP contribution in [0.25, 0.3) is 0 Å². The van der Waals surface area contributed by atoms with Crippen LogP contribution in [-0.2, 0) is 0 Å². The smallest absolute Gasteiger partial charge is 0.144 e. The van der Waals surface area contributed by atoms with Crippen LogP contribution in [0.3, 0.4) is 0 Å². The number of benzene rings is 1. The third-order valence-corrected chi connectivity index (χ3v) is 1.20. The van der Waals surface area contributed by atoms with Gasteiger partial charge in [0.05, 0.1) is 0 Å². The van der Waals surface area contributed by atoms with E-state index in [-0.39, 0.29) is 6.23 Å². The van der Waals surface area contributed by atoms with E-state index in [1.54, 1.807) is 31.2 Å². The maximum Gasteiger partial charge on any atom is 0.144 e. The molecule has 60 valence electrons. The van der Waals surface area contributed by atoms with Crippen LogP contribution in [0.1, 0.15) is 6.92 Å². The number of hydrogen-bond donors (Lipinski definition) is 2. The minimum atomic E-state index is -0.279. The molecule has 11 heavy (non-hydrogen) atoms. The Kier molecular flexibility index (Phi) is 2.33. The van der Waals surface area contributed by atoms with Crippen molar-refractivity contribution >= 4 is 5.69 Å². The van der Waals surface area contributed by atoms with Gasteiger partial charge >= 0.3 is 0 Å². The van der Waals surface area contributed by atoms with Crippen LogP contribution in [-0.4, -0.2) is 6.23 Å². The lowest BCUT2D eigenvalue weighted by Gasteiger charge is -2.08. The lowest BCUT2D eigenvalue weighted by molar-refractivity contribution is 0.230. The highest BCUT2D eigenvalue weighted by Gasteiger charge is 1.95. The van der Waals surface area contributed by atoms with E-state index in [0.29, 0.717) is 0 Å². The van der Waals surface area contributed by atoms with Crippen LogP contribution >= 0.6 is 0 Å². The number of hydrogen-bond acceptors (Lipinski definition) is 3. The van der Waals surface area contributed by atoms with Crippen molar-refractivity contribution in [3.8, 4) is 5.75 Å². The zero-order valence-corrected chi connectivity index (χ0v) is 6.45. The second-order valence-electron chi connectivity index (χ2n) is 2.39. The maximum atomic E-state index is 5.47. The average Bonchev–Trinajstić information content (AvgIpc) is 1.93. The van der Waals surface area contributed by atoms with E-state index >= 15 is 0 Å². The normalized spacial score (nSPS) is 12.5. The quantitative estimate of drug-likeness (QED) is 0.490. The van der Waals surface area contributed by atoms with E-state index in [2.05, 4.69) is 0 Å². The maximum absolute atomic E-state index is 5.47. The molecule has 0 spiro atoms. The summed E-state index contributed by atoms with van der Waals surface area (Å²) in [6, 6.07) is 7.13. The van der Waals surface area contributed by atoms with Crippen molar-refractivity contribution in [1.82, 2.24) is 0 Å². The van der Waals surface area contributed by atoms with Crippen LogP contribution in [0.15, 0.2) is 24.3 Å². The Bertz CT molecular complexity index is 218. The van der Waals surface area contributed by atoms with Crippen LogP contribution in [0.5, 0.6) is 5.75 Å². The predicted molar refractivity (Wildman–Crippen MR) is 45.1 cm³/mol. The molecule has 3 heteroatoms. The van der Waals surface area contributed by atoms with Crippen LogP contribution in [0.2, 0.25) is 0 Å². The fourth-order valence-corrected chi connectivity index (χ4v) is 0.761. The summed E-state index contributed by atoms with van der Waals surface area (Å²) in [6.45, 7) is 1.77. The van der Waals surface area contributed by atoms with Gasteiger partial charge in [-0.15, -0.1) is 0 Å². The number of ether oxygens (including phenoxy) is 1.